The van der Waals surface area contributed by atoms with Gasteiger partial charge in [0.15, 0.2) is 5.03 Å². The van der Waals surface area contributed by atoms with Crippen molar-refractivity contribution in [2.75, 3.05) is 23.3 Å². The summed E-state index contributed by atoms with van der Waals surface area (Å²) in [5.41, 5.74) is 2.12. The van der Waals surface area contributed by atoms with E-state index in [-0.39, 0.29) is 41.2 Å². The van der Waals surface area contributed by atoms with Crippen LogP contribution in [0.3, 0.4) is 0 Å². The first-order valence-corrected chi connectivity index (χ1v) is 12.8. The number of nitrogens with one attached hydrogen (secondary N) is 1. The Bertz CT molecular complexity index is 1230. The first-order chi connectivity index (χ1) is 15.8. The average molecular weight is 494 g/mol. The Labute approximate surface area is 198 Å². The molecule has 2 aromatic heterocycles. The number of halogens is 2. The van der Waals surface area contributed by atoms with E-state index < -0.39 is 27.8 Å². The summed E-state index contributed by atoms with van der Waals surface area (Å²) in [7, 11) is -4.05. The number of rotatable bonds is 4. The van der Waals surface area contributed by atoms with Gasteiger partial charge in [-0.15, -0.1) is 0 Å². The number of pyridine rings is 2. The number of nitrogens with two attached hydrogens (primary N) is 1. The number of nitrogens with zero attached hydrogens (tertiary/aromatic N) is 3. The number of aromatic nitrogens is 2. The summed E-state index contributed by atoms with van der Waals surface area (Å²) < 4.78 is 51.6. The number of carbonyl (C=O) groups is 1. The van der Waals surface area contributed by atoms with Gasteiger partial charge in [-0.2, -0.15) is 0 Å². The second kappa shape index (κ2) is 8.53. The molecule has 1 amide bonds. The molecule has 0 radical (unpaired) electrons. The van der Waals surface area contributed by atoms with E-state index in [0.29, 0.717) is 5.82 Å². The molecule has 34 heavy (non-hydrogen) atoms. The highest BCUT2D eigenvalue weighted by Gasteiger charge is 2.42. The van der Waals surface area contributed by atoms with Crippen LogP contribution in [0, 0.1) is 5.92 Å². The fourth-order valence-corrected chi connectivity index (χ4v) is 5.18. The molecule has 0 aromatic carbocycles. The summed E-state index contributed by atoms with van der Waals surface area (Å²) in [6.07, 6.45) is 3.58. The summed E-state index contributed by atoms with van der Waals surface area (Å²) >= 11 is 0. The first kappa shape index (κ1) is 24.5. The highest BCUT2D eigenvalue weighted by molar-refractivity contribution is 7.89. The van der Waals surface area contributed by atoms with Gasteiger partial charge < -0.3 is 10.2 Å². The number of amides is 1. The monoisotopic (exact) mass is 493 g/mol. The SMILES string of the molecule is CC1CN(c2nc3c(cc2C(=O)Nc2ccnc(S(N)(=O)=O)c2)C(C)(C)CCC3)CCC1(F)F. The minimum Gasteiger partial charge on any atom is -0.355 e. The third kappa shape index (κ3) is 4.76. The van der Waals surface area contributed by atoms with Crippen molar-refractivity contribution in [1.29, 1.82) is 0 Å². The van der Waals surface area contributed by atoms with E-state index >= 15 is 0 Å². The Morgan fingerprint density at radius 3 is 2.68 bits per heavy atom. The molecule has 1 unspecified atom stereocenters. The average Bonchev–Trinajstić information content (AvgIpc) is 2.74. The van der Waals surface area contributed by atoms with Crippen molar-refractivity contribution >= 4 is 27.4 Å². The highest BCUT2D eigenvalue weighted by atomic mass is 32.2. The van der Waals surface area contributed by atoms with Crippen molar-refractivity contribution in [3.63, 3.8) is 0 Å². The summed E-state index contributed by atoms with van der Waals surface area (Å²) in [6.45, 7) is 5.85. The number of sulfonamides is 1. The Balaban J connectivity index is 1.75. The van der Waals surface area contributed by atoms with Crippen LogP contribution in [-0.2, 0) is 21.9 Å². The number of piperidine rings is 1. The Morgan fingerprint density at radius 1 is 1.26 bits per heavy atom. The van der Waals surface area contributed by atoms with Gasteiger partial charge in [-0.25, -0.2) is 32.3 Å². The zero-order chi connectivity index (χ0) is 24.9. The first-order valence-electron chi connectivity index (χ1n) is 11.3. The maximum Gasteiger partial charge on any atom is 0.259 e. The second-order valence-corrected chi connectivity index (χ2v) is 11.3. The summed E-state index contributed by atoms with van der Waals surface area (Å²) in [4.78, 5) is 23.7. The molecule has 4 rings (SSSR count). The number of alkyl halides is 2. The van der Waals surface area contributed by atoms with E-state index in [9.17, 15) is 22.0 Å². The van der Waals surface area contributed by atoms with Crippen LogP contribution in [0.15, 0.2) is 29.4 Å². The fourth-order valence-electron chi connectivity index (χ4n) is 4.68. The van der Waals surface area contributed by atoms with E-state index in [2.05, 4.69) is 24.1 Å². The van der Waals surface area contributed by atoms with Gasteiger partial charge in [0.05, 0.1) is 5.56 Å². The summed E-state index contributed by atoms with van der Waals surface area (Å²) in [6, 6.07) is 4.43. The van der Waals surface area contributed by atoms with Crippen molar-refractivity contribution in [3.05, 3.63) is 41.2 Å². The van der Waals surface area contributed by atoms with Crippen LogP contribution in [0.25, 0.3) is 0 Å². The largest absolute Gasteiger partial charge is 0.355 e. The minimum absolute atomic E-state index is 0.0767. The highest BCUT2D eigenvalue weighted by Crippen LogP contribution is 2.40. The number of hydrogen-bond acceptors (Lipinski definition) is 6. The lowest BCUT2D eigenvalue weighted by atomic mass is 9.74. The van der Waals surface area contributed by atoms with Gasteiger partial charge in [0.25, 0.3) is 21.9 Å². The summed E-state index contributed by atoms with van der Waals surface area (Å²) in [5, 5.41) is 7.47. The molecule has 2 aromatic rings. The third-order valence-electron chi connectivity index (χ3n) is 6.78. The number of carbonyl (C=O) groups excluding carboxylic acids is 1. The smallest absolute Gasteiger partial charge is 0.259 e. The number of hydrogen-bond donors (Lipinski definition) is 2. The zero-order valence-corrected chi connectivity index (χ0v) is 20.3. The molecule has 1 saturated heterocycles. The molecule has 184 valence electrons. The lowest BCUT2D eigenvalue weighted by molar-refractivity contribution is -0.0652. The standard InChI is InChI=1S/C23H29F2N5O3S/c1-14-13-30(10-8-23(14,24)25)20-16(12-17-18(29-20)5-4-7-22(17,2)3)21(31)28-15-6-9-27-19(11-15)34(26,32)33/h6,9,11-12,14H,4-5,7-8,10,13H2,1-3H3,(H2,26,32,33)(H,27,28,31). The van der Waals surface area contributed by atoms with Crippen LogP contribution in [0.2, 0.25) is 0 Å². The van der Waals surface area contributed by atoms with Gasteiger partial charge >= 0.3 is 0 Å². The molecule has 1 aliphatic heterocycles. The number of fused-ring (bicyclic) bond motifs is 1. The maximum absolute atomic E-state index is 14.2. The van der Waals surface area contributed by atoms with E-state index in [1.807, 2.05) is 6.07 Å². The van der Waals surface area contributed by atoms with Crippen molar-refractivity contribution in [1.82, 2.24) is 9.97 Å². The third-order valence-corrected chi connectivity index (χ3v) is 7.59. The lowest BCUT2D eigenvalue weighted by Crippen LogP contribution is -2.47. The van der Waals surface area contributed by atoms with E-state index in [1.54, 1.807) is 4.90 Å². The van der Waals surface area contributed by atoms with Crippen LogP contribution < -0.4 is 15.4 Å². The molecular weight excluding hydrogens is 464 g/mol. The molecule has 2 aliphatic rings. The predicted octanol–water partition coefficient (Wildman–Crippen LogP) is 3.47. The summed E-state index contributed by atoms with van der Waals surface area (Å²) in [5.74, 6) is -3.79. The molecule has 0 saturated carbocycles. The normalized spacial score (nSPS) is 21.6. The van der Waals surface area contributed by atoms with E-state index in [4.69, 9.17) is 10.1 Å². The van der Waals surface area contributed by atoms with E-state index in [0.717, 1.165) is 30.5 Å². The van der Waals surface area contributed by atoms with Gasteiger partial charge in [0.2, 0.25) is 0 Å². The molecule has 1 aliphatic carbocycles. The van der Waals surface area contributed by atoms with Crippen molar-refractivity contribution in [3.8, 4) is 0 Å². The molecule has 8 nitrogen and oxygen atoms in total. The van der Waals surface area contributed by atoms with Crippen LogP contribution in [0.5, 0.6) is 0 Å². The fraction of sp³-hybridized carbons (Fsp3) is 0.522. The maximum atomic E-state index is 14.2. The Kier molecular flexibility index (Phi) is 6.14. The lowest BCUT2D eigenvalue weighted by Gasteiger charge is -2.39. The van der Waals surface area contributed by atoms with Gasteiger partial charge in [0.1, 0.15) is 5.82 Å². The molecule has 0 bridgehead atoms. The number of anilines is 2. The van der Waals surface area contributed by atoms with Gasteiger partial charge in [-0.1, -0.05) is 20.8 Å². The van der Waals surface area contributed by atoms with Crippen LogP contribution in [-0.4, -0.2) is 43.3 Å². The molecular formula is C23H29F2N5O3S. The zero-order valence-electron chi connectivity index (χ0n) is 19.4. The molecule has 1 atom stereocenters. The number of aryl methyl sites for hydroxylation is 1. The van der Waals surface area contributed by atoms with E-state index in [1.165, 1.54) is 25.3 Å². The Hall–Kier alpha value is -2.66. The molecule has 3 heterocycles. The molecule has 3 N–H and O–H groups in total. The van der Waals surface area contributed by atoms with Crippen molar-refractivity contribution < 1.29 is 22.0 Å². The van der Waals surface area contributed by atoms with Crippen LogP contribution in [0.1, 0.15) is 61.6 Å². The quantitative estimate of drug-likeness (QED) is 0.673. The molecule has 0 spiro atoms. The second-order valence-electron chi connectivity index (χ2n) is 9.83. The molecule has 1 fully saturated rings. The minimum atomic E-state index is -4.05. The van der Waals surface area contributed by atoms with Crippen molar-refractivity contribution in [2.24, 2.45) is 11.1 Å². The van der Waals surface area contributed by atoms with Crippen molar-refractivity contribution in [2.45, 2.75) is 62.8 Å². The predicted molar refractivity (Wildman–Crippen MR) is 125 cm³/mol. The number of primary sulfonamides is 1. The topological polar surface area (TPSA) is 118 Å². The molecule has 11 heteroatoms. The van der Waals surface area contributed by atoms with Gasteiger partial charge in [0, 0.05) is 49.1 Å². The van der Waals surface area contributed by atoms with Gasteiger partial charge in [-0.3, -0.25) is 4.79 Å². The Morgan fingerprint density at radius 2 is 2.00 bits per heavy atom. The van der Waals surface area contributed by atoms with Crippen LogP contribution >= 0.6 is 0 Å². The van der Waals surface area contributed by atoms with Crippen LogP contribution in [0.4, 0.5) is 20.3 Å². The van der Waals surface area contributed by atoms with Gasteiger partial charge in [-0.05, 0) is 42.4 Å².